The van der Waals surface area contributed by atoms with E-state index in [1.54, 1.807) is 24.8 Å². The maximum Gasteiger partial charge on any atom is 0.411 e. The molecular formula is C30H38N4O4. The lowest BCUT2D eigenvalue weighted by molar-refractivity contribution is -0.101. The van der Waals surface area contributed by atoms with Gasteiger partial charge in [-0.05, 0) is 58.7 Å². The van der Waals surface area contributed by atoms with Gasteiger partial charge >= 0.3 is 6.09 Å². The maximum absolute atomic E-state index is 13.3. The fourth-order valence-electron chi connectivity index (χ4n) is 5.00. The molecule has 8 nitrogen and oxygen atoms in total. The van der Waals surface area contributed by atoms with Crippen LogP contribution in [0.1, 0.15) is 82.0 Å². The van der Waals surface area contributed by atoms with Crippen LogP contribution in [0.5, 0.6) is 0 Å². The van der Waals surface area contributed by atoms with Gasteiger partial charge in [-0.25, -0.2) is 4.79 Å². The lowest BCUT2D eigenvalue weighted by atomic mass is 9.80. The third kappa shape index (κ3) is 6.25. The second-order valence-electron chi connectivity index (χ2n) is 11.8. The van der Waals surface area contributed by atoms with Crippen molar-refractivity contribution in [2.45, 2.75) is 77.2 Å². The largest absolute Gasteiger partial charge is 0.438 e. The van der Waals surface area contributed by atoms with Crippen LogP contribution in [0.25, 0.3) is 11.3 Å². The van der Waals surface area contributed by atoms with E-state index in [0.29, 0.717) is 30.8 Å². The van der Waals surface area contributed by atoms with E-state index in [9.17, 15) is 14.7 Å². The summed E-state index contributed by atoms with van der Waals surface area (Å²) in [6.45, 7) is 11.7. The Morgan fingerprint density at radius 3 is 2.37 bits per heavy atom. The molecule has 0 saturated carbocycles. The van der Waals surface area contributed by atoms with Crippen LogP contribution >= 0.6 is 0 Å². The summed E-state index contributed by atoms with van der Waals surface area (Å²) in [6.07, 6.45) is 0.483. The number of hydrogen-bond acceptors (Lipinski definition) is 5. The molecule has 0 unspecified atom stereocenters. The quantitative estimate of drug-likeness (QED) is 0.379. The molecule has 0 spiro atoms. The predicted octanol–water partition coefficient (Wildman–Crippen LogP) is 5.56. The summed E-state index contributed by atoms with van der Waals surface area (Å²) >= 11 is 0. The van der Waals surface area contributed by atoms with E-state index >= 15 is 0 Å². The number of carbonyl (C=O) groups excluding carboxylic acids is 2. The molecule has 3 N–H and O–H groups in total. The number of ether oxygens (including phenoxy) is 1. The molecule has 202 valence electrons. The summed E-state index contributed by atoms with van der Waals surface area (Å²) in [5, 5.41) is 20.6. The number of aliphatic hydroxyl groups is 1. The molecule has 1 aromatic heterocycles. The highest BCUT2D eigenvalue weighted by molar-refractivity contribution is 5.93. The first-order chi connectivity index (χ1) is 17.8. The molecule has 0 bridgehead atoms. The summed E-state index contributed by atoms with van der Waals surface area (Å²) in [6, 6.07) is 19.0. The molecule has 2 aromatic carbocycles. The molecule has 8 heteroatoms. The van der Waals surface area contributed by atoms with Crippen LogP contribution in [0, 0.1) is 0 Å². The summed E-state index contributed by atoms with van der Waals surface area (Å²) in [5.74, 6) is -0.207. The Morgan fingerprint density at radius 1 is 1.13 bits per heavy atom. The van der Waals surface area contributed by atoms with Crippen molar-refractivity contribution in [1.29, 1.82) is 0 Å². The maximum atomic E-state index is 13.3. The highest BCUT2D eigenvalue weighted by Crippen LogP contribution is 2.42. The van der Waals surface area contributed by atoms with E-state index in [0.717, 1.165) is 16.7 Å². The van der Waals surface area contributed by atoms with Gasteiger partial charge in [0.15, 0.2) is 0 Å². The summed E-state index contributed by atoms with van der Waals surface area (Å²) in [5.41, 5.74) is 1.55. The number of cyclic esters (lactones) is 1. The Balaban J connectivity index is 1.48. The molecule has 0 radical (unpaired) electrons. The Bertz CT molecular complexity index is 1270. The lowest BCUT2D eigenvalue weighted by Crippen LogP contribution is -2.51. The molecule has 1 aliphatic heterocycles. The van der Waals surface area contributed by atoms with Crippen LogP contribution < -0.4 is 5.32 Å². The zero-order chi connectivity index (χ0) is 27.7. The van der Waals surface area contributed by atoms with Crippen molar-refractivity contribution in [3.05, 3.63) is 77.5 Å². The van der Waals surface area contributed by atoms with E-state index in [1.807, 2.05) is 82.3 Å². The van der Waals surface area contributed by atoms with E-state index in [-0.39, 0.29) is 17.5 Å². The molecule has 38 heavy (non-hydrogen) atoms. The van der Waals surface area contributed by atoms with Crippen LogP contribution in [0.3, 0.4) is 0 Å². The first-order valence-corrected chi connectivity index (χ1v) is 13.0. The van der Waals surface area contributed by atoms with Gasteiger partial charge in [0, 0.05) is 30.5 Å². The molecule has 4 rings (SSSR count). The van der Waals surface area contributed by atoms with Gasteiger partial charge in [-0.3, -0.25) is 9.89 Å². The van der Waals surface area contributed by atoms with Gasteiger partial charge < -0.3 is 20.1 Å². The van der Waals surface area contributed by atoms with E-state index in [2.05, 4.69) is 15.5 Å². The van der Waals surface area contributed by atoms with Crippen molar-refractivity contribution < 1.29 is 19.4 Å². The predicted molar refractivity (Wildman–Crippen MR) is 146 cm³/mol. The van der Waals surface area contributed by atoms with Gasteiger partial charge in [0.2, 0.25) is 0 Å². The number of nitrogens with one attached hydrogen (secondary N) is 2. The van der Waals surface area contributed by atoms with Crippen molar-refractivity contribution in [2.24, 2.45) is 0 Å². The van der Waals surface area contributed by atoms with Crippen molar-refractivity contribution in [2.75, 3.05) is 6.54 Å². The molecule has 0 aliphatic carbocycles. The highest BCUT2D eigenvalue weighted by atomic mass is 16.6. The smallest absolute Gasteiger partial charge is 0.411 e. The average molecular weight is 519 g/mol. The SMILES string of the molecule is C[C@@H](c1ccc(-c2cc(C(=O)NC(C)(C)C)[nH]n2)cc1)N1CC[C@](CC(C)(C)O)(c2ccccc2)OC1=O. The number of aromatic nitrogens is 2. The van der Waals surface area contributed by atoms with Gasteiger partial charge in [-0.2, -0.15) is 5.10 Å². The standard InChI is InChI=1S/C30H38N4O4/c1-20(21-12-14-22(15-13-21)24-18-25(33-32-24)26(35)31-28(2,3)4)34-17-16-30(38-27(34)36,19-29(5,6)37)23-10-8-7-9-11-23/h7-15,18,20,37H,16-17,19H2,1-6H3,(H,31,35)(H,32,33)/t20-,30-/m0/s1. The average Bonchev–Trinajstić information content (AvgIpc) is 3.33. The number of amides is 2. The van der Waals surface area contributed by atoms with E-state index < -0.39 is 17.3 Å². The van der Waals surface area contributed by atoms with Gasteiger partial charge in [0.25, 0.3) is 5.91 Å². The number of benzene rings is 2. The third-order valence-electron chi connectivity index (χ3n) is 6.76. The second kappa shape index (κ2) is 10.3. The van der Waals surface area contributed by atoms with Gasteiger partial charge in [-0.15, -0.1) is 0 Å². The lowest BCUT2D eigenvalue weighted by Gasteiger charge is -2.45. The number of carbonyl (C=O) groups is 2. The molecule has 2 amide bonds. The Morgan fingerprint density at radius 2 is 1.79 bits per heavy atom. The Labute approximate surface area is 224 Å². The van der Waals surface area contributed by atoms with Crippen LogP contribution in [0.4, 0.5) is 4.79 Å². The molecular weight excluding hydrogens is 480 g/mol. The van der Waals surface area contributed by atoms with Crippen LogP contribution in [0.15, 0.2) is 60.7 Å². The molecule has 1 saturated heterocycles. The van der Waals surface area contributed by atoms with Gasteiger partial charge in [0.05, 0.1) is 17.3 Å². The minimum Gasteiger partial charge on any atom is -0.438 e. The molecule has 1 fully saturated rings. The molecule has 3 aromatic rings. The molecule has 2 atom stereocenters. The number of nitrogens with zero attached hydrogens (tertiary/aromatic N) is 2. The topological polar surface area (TPSA) is 108 Å². The van der Waals surface area contributed by atoms with Crippen molar-refractivity contribution in [3.8, 4) is 11.3 Å². The minimum atomic E-state index is -1.00. The third-order valence-corrected chi connectivity index (χ3v) is 6.76. The normalized spacial score (nSPS) is 19.1. The summed E-state index contributed by atoms with van der Waals surface area (Å²) in [7, 11) is 0. The summed E-state index contributed by atoms with van der Waals surface area (Å²) in [4.78, 5) is 27.5. The second-order valence-corrected chi connectivity index (χ2v) is 11.8. The van der Waals surface area contributed by atoms with Crippen molar-refractivity contribution in [1.82, 2.24) is 20.4 Å². The van der Waals surface area contributed by atoms with Crippen molar-refractivity contribution in [3.63, 3.8) is 0 Å². The number of hydrogen-bond donors (Lipinski definition) is 3. The molecule has 1 aliphatic rings. The summed E-state index contributed by atoms with van der Waals surface area (Å²) < 4.78 is 6.12. The fraction of sp³-hybridized carbons (Fsp3) is 0.433. The Hall–Kier alpha value is -3.65. The minimum absolute atomic E-state index is 0.207. The van der Waals surface area contributed by atoms with Gasteiger partial charge in [-0.1, -0.05) is 54.6 Å². The number of rotatable bonds is 7. The van der Waals surface area contributed by atoms with Gasteiger partial charge in [0.1, 0.15) is 11.3 Å². The number of aromatic amines is 1. The van der Waals surface area contributed by atoms with Crippen LogP contribution in [-0.4, -0.2) is 49.9 Å². The highest BCUT2D eigenvalue weighted by Gasteiger charge is 2.46. The zero-order valence-electron chi connectivity index (χ0n) is 23.0. The Kier molecular flexibility index (Phi) is 7.39. The van der Waals surface area contributed by atoms with Crippen LogP contribution in [0.2, 0.25) is 0 Å². The van der Waals surface area contributed by atoms with Crippen LogP contribution in [-0.2, 0) is 10.3 Å². The van der Waals surface area contributed by atoms with Crippen molar-refractivity contribution >= 4 is 12.0 Å². The fourth-order valence-corrected chi connectivity index (χ4v) is 5.00. The van der Waals surface area contributed by atoms with E-state index in [4.69, 9.17) is 4.74 Å². The molecule has 2 heterocycles. The monoisotopic (exact) mass is 518 g/mol. The first kappa shape index (κ1) is 27.4. The zero-order valence-corrected chi connectivity index (χ0v) is 23.0. The first-order valence-electron chi connectivity index (χ1n) is 13.0. The number of H-pyrrole nitrogens is 1. The van der Waals surface area contributed by atoms with E-state index in [1.165, 1.54) is 0 Å².